The van der Waals surface area contributed by atoms with E-state index in [0.717, 1.165) is 55.6 Å². The van der Waals surface area contributed by atoms with E-state index in [0.29, 0.717) is 16.7 Å². The molecule has 0 aliphatic carbocycles. The summed E-state index contributed by atoms with van der Waals surface area (Å²) < 4.78 is 6.43. The van der Waals surface area contributed by atoms with E-state index in [1.165, 1.54) is 21.5 Å². The maximum atomic E-state index is 14.1. The summed E-state index contributed by atoms with van der Waals surface area (Å²) in [5, 5.41) is 6.17. The Hall–Kier alpha value is -7.05. The molecule has 0 spiro atoms. The predicted octanol–water partition coefficient (Wildman–Crippen LogP) is 10.3. The Labute approximate surface area is 290 Å². The van der Waals surface area contributed by atoms with Crippen molar-refractivity contribution in [3.8, 4) is 22.6 Å². The zero-order chi connectivity index (χ0) is 33.6. The highest BCUT2D eigenvalue weighted by molar-refractivity contribution is 6.24. The Morgan fingerprint density at radius 2 is 0.980 bits per heavy atom. The third-order valence-electron chi connectivity index (χ3n) is 10.2. The fourth-order valence-electron chi connectivity index (χ4n) is 8.05. The third kappa shape index (κ3) is 3.90. The number of fused-ring (bicyclic) bond motifs is 11. The van der Waals surface area contributed by atoms with Gasteiger partial charge in [-0.25, -0.2) is 14.4 Å². The molecule has 0 bridgehead atoms. The molecule has 0 aliphatic rings. The second-order valence-corrected chi connectivity index (χ2v) is 13.0. The van der Waals surface area contributed by atoms with E-state index in [9.17, 15) is 4.79 Å². The van der Waals surface area contributed by atoms with E-state index in [2.05, 4.69) is 130 Å². The van der Waals surface area contributed by atoms with Crippen molar-refractivity contribution in [3.63, 3.8) is 0 Å². The fraction of sp³-hybridized carbons (Fsp3) is 0. The normalized spacial score (nSPS) is 12.0. The van der Waals surface area contributed by atoms with E-state index < -0.39 is 0 Å². The van der Waals surface area contributed by atoms with Gasteiger partial charge in [0.1, 0.15) is 0 Å². The number of aromatic nitrogens is 5. The predicted molar refractivity (Wildman–Crippen MR) is 208 cm³/mol. The molecule has 4 heterocycles. The summed E-state index contributed by atoms with van der Waals surface area (Å²) in [5.74, 6) is 0.378. The average molecular weight is 654 g/mol. The lowest BCUT2D eigenvalue weighted by atomic mass is 10.1. The topological polar surface area (TPSA) is 57.1 Å². The standard InChI is InChI=1S/C45H27N5O/c51-44-35-19-7-10-20-37(35)46-45-47-41(28-13-3-1-4-14-28)36-27-30(23-26-40(36)50(44)45)49-39-22-12-9-18-32(39)34-25-24-33-31-17-8-11-21-38(31)48(42(33)43(34)49)29-15-5-2-6-16-29/h1-27H. The molecule has 238 valence electrons. The van der Waals surface area contributed by atoms with Crippen molar-refractivity contribution >= 4 is 71.2 Å². The van der Waals surface area contributed by atoms with Gasteiger partial charge in [-0.2, -0.15) is 0 Å². The summed E-state index contributed by atoms with van der Waals surface area (Å²) in [4.78, 5) is 24.1. The molecule has 0 atom stereocenters. The molecule has 7 aromatic carbocycles. The minimum atomic E-state index is -0.133. The van der Waals surface area contributed by atoms with Gasteiger partial charge in [0, 0.05) is 43.9 Å². The molecule has 0 radical (unpaired) electrons. The van der Waals surface area contributed by atoms with Crippen LogP contribution in [-0.4, -0.2) is 23.5 Å². The van der Waals surface area contributed by atoms with Gasteiger partial charge in [0.25, 0.3) is 5.56 Å². The second kappa shape index (κ2) is 10.5. The molecule has 4 aromatic heterocycles. The van der Waals surface area contributed by atoms with E-state index in [1.54, 1.807) is 4.40 Å². The van der Waals surface area contributed by atoms with E-state index in [4.69, 9.17) is 9.97 Å². The lowest BCUT2D eigenvalue weighted by Gasteiger charge is -2.15. The van der Waals surface area contributed by atoms with Crippen LogP contribution in [0.1, 0.15) is 0 Å². The first-order valence-corrected chi connectivity index (χ1v) is 17.1. The average Bonchev–Trinajstić information content (AvgIpc) is 3.71. The first-order valence-electron chi connectivity index (χ1n) is 17.1. The van der Waals surface area contributed by atoms with Crippen LogP contribution in [0.3, 0.4) is 0 Å². The molecule has 0 aliphatic heterocycles. The second-order valence-electron chi connectivity index (χ2n) is 13.0. The number of hydrogen-bond acceptors (Lipinski definition) is 3. The van der Waals surface area contributed by atoms with Gasteiger partial charge in [-0.15, -0.1) is 0 Å². The smallest absolute Gasteiger partial charge is 0.267 e. The van der Waals surface area contributed by atoms with Gasteiger partial charge in [0.15, 0.2) is 0 Å². The first-order chi connectivity index (χ1) is 25.2. The van der Waals surface area contributed by atoms with Crippen LogP contribution >= 0.6 is 0 Å². The van der Waals surface area contributed by atoms with Gasteiger partial charge in [-0.3, -0.25) is 4.79 Å². The van der Waals surface area contributed by atoms with Crippen LogP contribution in [0.15, 0.2) is 169 Å². The highest BCUT2D eigenvalue weighted by Crippen LogP contribution is 2.42. The molecule has 0 fully saturated rings. The monoisotopic (exact) mass is 653 g/mol. The quantitative estimate of drug-likeness (QED) is 0.141. The number of rotatable bonds is 3. The molecular weight excluding hydrogens is 627 g/mol. The zero-order valence-corrected chi connectivity index (χ0v) is 27.2. The van der Waals surface area contributed by atoms with Crippen molar-refractivity contribution in [2.45, 2.75) is 0 Å². The van der Waals surface area contributed by atoms with Gasteiger partial charge in [-0.05, 0) is 54.6 Å². The minimum Gasteiger partial charge on any atom is -0.307 e. The van der Waals surface area contributed by atoms with Crippen molar-refractivity contribution in [1.82, 2.24) is 23.5 Å². The highest BCUT2D eigenvalue weighted by Gasteiger charge is 2.22. The number of para-hydroxylation sites is 4. The van der Waals surface area contributed by atoms with Gasteiger partial charge < -0.3 is 9.13 Å². The van der Waals surface area contributed by atoms with Crippen molar-refractivity contribution in [2.24, 2.45) is 0 Å². The van der Waals surface area contributed by atoms with Crippen LogP contribution in [-0.2, 0) is 0 Å². The molecule has 51 heavy (non-hydrogen) atoms. The summed E-state index contributed by atoms with van der Waals surface area (Å²) in [7, 11) is 0. The molecule has 11 rings (SSSR count). The SMILES string of the molecule is O=c1c2ccccc2nc2nc(-c3ccccc3)c3cc(-n4c5ccccc5c5ccc6c7ccccc7n(-c7ccccc7)c6c54)ccc3n12. The molecule has 0 amide bonds. The lowest BCUT2D eigenvalue weighted by Crippen LogP contribution is -2.17. The largest absolute Gasteiger partial charge is 0.307 e. The minimum absolute atomic E-state index is 0.133. The molecule has 0 saturated heterocycles. The van der Waals surface area contributed by atoms with E-state index >= 15 is 0 Å². The van der Waals surface area contributed by atoms with Gasteiger partial charge >= 0.3 is 0 Å². The molecular formula is C45H27N5O. The highest BCUT2D eigenvalue weighted by atomic mass is 16.1. The van der Waals surface area contributed by atoms with Crippen LogP contribution in [0.25, 0.3) is 93.8 Å². The Morgan fingerprint density at radius 1 is 0.412 bits per heavy atom. The molecule has 0 saturated carbocycles. The van der Waals surface area contributed by atoms with Crippen molar-refractivity contribution in [3.05, 3.63) is 174 Å². The summed E-state index contributed by atoms with van der Waals surface area (Å²) in [6.45, 7) is 0. The number of benzene rings is 7. The van der Waals surface area contributed by atoms with Crippen LogP contribution in [0.2, 0.25) is 0 Å². The Kier molecular flexibility index (Phi) is 5.72. The molecule has 0 unspecified atom stereocenters. The molecule has 6 nitrogen and oxygen atoms in total. The zero-order valence-electron chi connectivity index (χ0n) is 27.2. The van der Waals surface area contributed by atoms with Crippen molar-refractivity contribution in [1.29, 1.82) is 0 Å². The van der Waals surface area contributed by atoms with Crippen molar-refractivity contribution < 1.29 is 0 Å². The summed E-state index contributed by atoms with van der Waals surface area (Å²) in [6.07, 6.45) is 0. The van der Waals surface area contributed by atoms with Gasteiger partial charge in [0.05, 0.1) is 44.2 Å². The maximum Gasteiger partial charge on any atom is 0.267 e. The van der Waals surface area contributed by atoms with Crippen molar-refractivity contribution in [2.75, 3.05) is 0 Å². The van der Waals surface area contributed by atoms with Crippen LogP contribution < -0.4 is 5.56 Å². The number of nitrogens with zero attached hydrogens (tertiary/aromatic N) is 5. The molecule has 11 aromatic rings. The van der Waals surface area contributed by atoms with Crippen LogP contribution in [0, 0.1) is 0 Å². The van der Waals surface area contributed by atoms with Crippen LogP contribution in [0.5, 0.6) is 0 Å². The van der Waals surface area contributed by atoms with Crippen LogP contribution in [0.4, 0.5) is 0 Å². The molecule has 6 heteroatoms. The Morgan fingerprint density at radius 3 is 1.67 bits per heavy atom. The van der Waals surface area contributed by atoms with E-state index in [-0.39, 0.29) is 5.56 Å². The Bertz CT molecular complexity index is 3270. The maximum absolute atomic E-state index is 14.1. The lowest BCUT2D eigenvalue weighted by molar-refractivity contribution is 1.07. The van der Waals surface area contributed by atoms with Gasteiger partial charge in [0.2, 0.25) is 5.78 Å². The Balaban J connectivity index is 1.32. The summed E-state index contributed by atoms with van der Waals surface area (Å²) in [5.41, 5.74) is 9.59. The third-order valence-corrected chi connectivity index (χ3v) is 10.2. The van der Waals surface area contributed by atoms with Gasteiger partial charge in [-0.1, -0.05) is 109 Å². The summed E-state index contributed by atoms with van der Waals surface area (Å²) >= 11 is 0. The molecule has 0 N–H and O–H groups in total. The van der Waals surface area contributed by atoms with E-state index in [1.807, 2.05) is 42.5 Å². The summed E-state index contributed by atoms with van der Waals surface area (Å²) in [6, 6.07) is 56.4. The first kappa shape index (κ1) is 27.9. The fourth-order valence-corrected chi connectivity index (χ4v) is 8.05. The number of hydrogen-bond donors (Lipinski definition) is 0.